The van der Waals surface area contributed by atoms with Gasteiger partial charge in [-0.1, -0.05) is 6.07 Å². The van der Waals surface area contributed by atoms with E-state index >= 15 is 0 Å². The van der Waals surface area contributed by atoms with E-state index in [0.29, 0.717) is 13.1 Å². The molecule has 160 valence electrons. The molecule has 0 bridgehead atoms. The first-order valence-corrected chi connectivity index (χ1v) is 10.8. The van der Waals surface area contributed by atoms with Crippen molar-refractivity contribution >= 4 is 17.4 Å². The molecule has 1 fully saturated rings. The molecular weight excluding hydrogens is 388 g/mol. The number of hydrogen-bond acceptors (Lipinski definition) is 3. The van der Waals surface area contributed by atoms with Crippen molar-refractivity contribution in [1.29, 1.82) is 0 Å². The number of benzene rings is 2. The molecule has 5 rings (SSSR count). The number of ether oxygens (including phenoxy) is 1. The molecule has 0 aliphatic carbocycles. The highest BCUT2D eigenvalue weighted by Crippen LogP contribution is 2.44. The second-order valence-corrected chi connectivity index (χ2v) is 8.57. The van der Waals surface area contributed by atoms with E-state index in [2.05, 4.69) is 59.5 Å². The highest BCUT2D eigenvalue weighted by Gasteiger charge is 2.42. The van der Waals surface area contributed by atoms with Crippen LogP contribution in [0.1, 0.15) is 29.7 Å². The molecule has 2 amide bonds. The lowest BCUT2D eigenvalue weighted by atomic mass is 9.82. The van der Waals surface area contributed by atoms with Gasteiger partial charge in [0.05, 0.1) is 24.0 Å². The van der Waals surface area contributed by atoms with Crippen LogP contribution >= 0.6 is 0 Å². The number of anilines is 2. The van der Waals surface area contributed by atoms with Crippen LogP contribution in [0, 0.1) is 13.8 Å². The van der Waals surface area contributed by atoms with Gasteiger partial charge in [-0.3, -0.25) is 0 Å². The van der Waals surface area contributed by atoms with E-state index in [1.54, 1.807) is 7.11 Å². The Morgan fingerprint density at radius 2 is 1.87 bits per heavy atom. The summed E-state index contributed by atoms with van der Waals surface area (Å²) < 4.78 is 7.70. The monoisotopic (exact) mass is 416 g/mol. The molecule has 0 saturated carbocycles. The van der Waals surface area contributed by atoms with Gasteiger partial charge in [-0.2, -0.15) is 0 Å². The van der Waals surface area contributed by atoms with Gasteiger partial charge in [-0.05, 0) is 74.2 Å². The molecule has 0 atom stereocenters. The number of nitrogens with zero attached hydrogens (tertiary/aromatic N) is 2. The minimum Gasteiger partial charge on any atom is -0.497 e. The lowest BCUT2D eigenvalue weighted by Gasteiger charge is -2.46. The maximum atomic E-state index is 12.9. The van der Waals surface area contributed by atoms with E-state index in [4.69, 9.17) is 4.74 Å². The van der Waals surface area contributed by atoms with Crippen molar-refractivity contribution in [2.45, 2.75) is 32.2 Å². The molecule has 1 aromatic heterocycles. The maximum Gasteiger partial charge on any atom is 0.321 e. The molecule has 2 aliphatic rings. The van der Waals surface area contributed by atoms with Crippen molar-refractivity contribution in [3.63, 3.8) is 0 Å². The summed E-state index contributed by atoms with van der Waals surface area (Å²) in [5.74, 6) is 0.835. The molecule has 31 heavy (non-hydrogen) atoms. The Balaban J connectivity index is 1.34. The Labute approximate surface area is 182 Å². The van der Waals surface area contributed by atoms with Crippen LogP contribution in [0.25, 0.3) is 5.69 Å². The number of nitrogens with one attached hydrogen (secondary N) is 2. The maximum absolute atomic E-state index is 12.9. The van der Waals surface area contributed by atoms with Gasteiger partial charge < -0.3 is 24.8 Å². The summed E-state index contributed by atoms with van der Waals surface area (Å²) in [6.45, 7) is 5.51. The summed E-state index contributed by atoms with van der Waals surface area (Å²) >= 11 is 0. The number of urea groups is 1. The highest BCUT2D eigenvalue weighted by atomic mass is 16.5. The normalized spacial score (nSPS) is 16.3. The van der Waals surface area contributed by atoms with E-state index < -0.39 is 0 Å². The molecule has 0 unspecified atom stereocenters. The Bertz CT molecular complexity index is 1140. The zero-order chi connectivity index (χ0) is 21.6. The number of hydrogen-bond donors (Lipinski definition) is 2. The summed E-state index contributed by atoms with van der Waals surface area (Å²) in [5.41, 5.74) is 6.49. The first-order valence-electron chi connectivity index (χ1n) is 10.8. The third-order valence-corrected chi connectivity index (χ3v) is 6.74. The summed E-state index contributed by atoms with van der Waals surface area (Å²) in [6, 6.07) is 16.4. The fourth-order valence-corrected chi connectivity index (χ4v) is 4.75. The predicted octanol–water partition coefficient (Wildman–Crippen LogP) is 5.05. The van der Waals surface area contributed by atoms with Crippen molar-refractivity contribution in [1.82, 2.24) is 9.47 Å². The van der Waals surface area contributed by atoms with Crippen molar-refractivity contribution in [3.8, 4) is 11.4 Å². The van der Waals surface area contributed by atoms with Crippen molar-refractivity contribution in [2.75, 3.05) is 30.8 Å². The van der Waals surface area contributed by atoms with Crippen LogP contribution in [-0.4, -0.2) is 35.7 Å². The molecule has 3 heterocycles. The molecular formula is C25H28N4O2. The highest BCUT2D eigenvalue weighted by molar-refractivity contribution is 5.89. The third-order valence-electron chi connectivity index (χ3n) is 6.74. The summed E-state index contributed by atoms with van der Waals surface area (Å²) in [6.07, 6.45) is 3.80. The van der Waals surface area contributed by atoms with Crippen LogP contribution < -0.4 is 15.4 Å². The van der Waals surface area contributed by atoms with Crippen LogP contribution in [0.4, 0.5) is 16.2 Å². The number of piperidine rings is 1. The zero-order valence-electron chi connectivity index (χ0n) is 18.2. The molecule has 0 radical (unpaired) electrons. The topological polar surface area (TPSA) is 58.5 Å². The number of aromatic nitrogens is 1. The van der Waals surface area contributed by atoms with E-state index in [1.165, 1.54) is 16.8 Å². The molecule has 6 nitrogen and oxygen atoms in total. The van der Waals surface area contributed by atoms with E-state index in [-0.39, 0.29) is 11.6 Å². The number of rotatable bonds is 2. The quantitative estimate of drug-likeness (QED) is 0.615. The van der Waals surface area contributed by atoms with Gasteiger partial charge in [0.15, 0.2) is 0 Å². The Kier molecular flexibility index (Phi) is 4.65. The van der Waals surface area contributed by atoms with Gasteiger partial charge in [0.1, 0.15) is 5.75 Å². The number of methoxy groups -OCH3 is 1. The Morgan fingerprint density at radius 1 is 1.06 bits per heavy atom. The largest absolute Gasteiger partial charge is 0.497 e. The Morgan fingerprint density at radius 3 is 2.61 bits per heavy atom. The van der Waals surface area contributed by atoms with Crippen LogP contribution in [-0.2, 0) is 5.54 Å². The minimum absolute atomic E-state index is 0.0358. The van der Waals surface area contributed by atoms with Crippen LogP contribution in [0.5, 0.6) is 5.75 Å². The average molecular weight is 417 g/mol. The van der Waals surface area contributed by atoms with E-state index in [1.807, 2.05) is 29.2 Å². The van der Waals surface area contributed by atoms with Gasteiger partial charge in [0.25, 0.3) is 0 Å². The fraction of sp³-hybridized carbons (Fsp3) is 0.320. The first-order chi connectivity index (χ1) is 15.0. The van der Waals surface area contributed by atoms with Gasteiger partial charge in [-0.15, -0.1) is 0 Å². The second kappa shape index (κ2) is 7.38. The number of amides is 2. The number of carbonyl (C=O) groups is 1. The van der Waals surface area contributed by atoms with Gasteiger partial charge in [-0.25, -0.2) is 4.79 Å². The number of aryl methyl sites for hydroxylation is 2. The predicted molar refractivity (Wildman–Crippen MR) is 123 cm³/mol. The zero-order valence-corrected chi connectivity index (χ0v) is 18.2. The Hall–Kier alpha value is -3.41. The number of likely N-dealkylation sites (tertiary alicyclic amines) is 1. The molecule has 3 aromatic rings. The third kappa shape index (κ3) is 3.32. The fourth-order valence-electron chi connectivity index (χ4n) is 4.75. The van der Waals surface area contributed by atoms with Gasteiger partial charge >= 0.3 is 6.03 Å². The van der Waals surface area contributed by atoms with E-state index in [0.717, 1.165) is 35.7 Å². The minimum atomic E-state index is -0.194. The molecule has 6 heteroatoms. The van der Waals surface area contributed by atoms with Crippen molar-refractivity contribution in [3.05, 3.63) is 71.5 Å². The number of carbonyl (C=O) groups excluding carboxylic acids is 1. The molecule has 2 aromatic carbocycles. The summed E-state index contributed by atoms with van der Waals surface area (Å²) in [4.78, 5) is 14.8. The lowest BCUT2D eigenvalue weighted by Crippen LogP contribution is -2.51. The smallest absolute Gasteiger partial charge is 0.321 e. The molecule has 1 spiro atoms. The van der Waals surface area contributed by atoms with Gasteiger partial charge in [0, 0.05) is 36.7 Å². The number of fused-ring (bicyclic) bond motifs is 4. The molecule has 2 N–H and O–H groups in total. The molecule has 1 saturated heterocycles. The SMILES string of the molecule is COc1ccc2c(c1)NC1(CCN(C(=O)Nc3ccc(C)c(C)c3)CC1)c1cccn1-2. The average Bonchev–Trinajstić information content (AvgIpc) is 3.28. The lowest BCUT2D eigenvalue weighted by molar-refractivity contribution is 0.174. The van der Waals surface area contributed by atoms with Crippen LogP contribution in [0.2, 0.25) is 0 Å². The van der Waals surface area contributed by atoms with E-state index in [9.17, 15) is 4.79 Å². The summed E-state index contributed by atoms with van der Waals surface area (Å²) in [5, 5.41) is 6.85. The molecule has 2 aliphatic heterocycles. The van der Waals surface area contributed by atoms with Crippen LogP contribution in [0.15, 0.2) is 54.7 Å². The standard InChI is InChI=1S/C25H28N4O2/c1-17-6-7-19(15-18(17)2)26-24(30)28-13-10-25(11-14-28)23-5-4-12-29(23)22-9-8-20(31-3)16-21(22)27-25/h4-9,12,15-16,27H,10-11,13-14H2,1-3H3,(H,26,30). The summed E-state index contributed by atoms with van der Waals surface area (Å²) in [7, 11) is 1.69. The van der Waals surface area contributed by atoms with Crippen molar-refractivity contribution < 1.29 is 9.53 Å². The van der Waals surface area contributed by atoms with Crippen LogP contribution in [0.3, 0.4) is 0 Å². The van der Waals surface area contributed by atoms with Crippen molar-refractivity contribution in [2.24, 2.45) is 0 Å². The van der Waals surface area contributed by atoms with Gasteiger partial charge in [0.2, 0.25) is 0 Å². The first kappa shape index (κ1) is 19.5. The second-order valence-electron chi connectivity index (χ2n) is 8.57.